The van der Waals surface area contributed by atoms with Gasteiger partial charge < -0.3 is 10.6 Å². The minimum Gasteiger partial charge on any atom is -0.359 e. The average Bonchev–Trinajstić information content (AvgIpc) is 2.21. The van der Waals surface area contributed by atoms with Gasteiger partial charge in [0.05, 0.1) is 15.9 Å². The van der Waals surface area contributed by atoms with Crippen molar-refractivity contribution in [3.8, 4) is 0 Å². The van der Waals surface area contributed by atoms with Crippen LogP contribution in [0.5, 0.6) is 0 Å². The third kappa shape index (κ3) is 4.94. The van der Waals surface area contributed by atoms with E-state index >= 15 is 0 Å². The van der Waals surface area contributed by atoms with Gasteiger partial charge >= 0.3 is 0 Å². The van der Waals surface area contributed by atoms with E-state index in [1.165, 1.54) is 0 Å². The molecule has 0 spiro atoms. The van der Waals surface area contributed by atoms with E-state index in [-0.39, 0.29) is 11.7 Å². The molecule has 0 rings (SSSR count). The Morgan fingerprint density at radius 1 is 1.11 bits per heavy atom. The van der Waals surface area contributed by atoms with E-state index in [0.29, 0.717) is 13.1 Å². The number of amides is 1. The van der Waals surface area contributed by atoms with Crippen molar-refractivity contribution in [3.63, 3.8) is 0 Å². The summed E-state index contributed by atoms with van der Waals surface area (Å²) in [5.74, 6) is 0.0222. The van der Waals surface area contributed by atoms with Crippen molar-refractivity contribution in [3.05, 3.63) is 0 Å². The van der Waals surface area contributed by atoms with E-state index in [9.17, 15) is 13.2 Å². The zero-order chi connectivity index (χ0) is 14.6. The minimum absolute atomic E-state index is 0.0614. The maximum absolute atomic E-state index is 11.8. The first kappa shape index (κ1) is 17.4. The lowest BCUT2D eigenvalue weighted by Gasteiger charge is -2.24. The van der Waals surface area contributed by atoms with Crippen LogP contribution in [-0.4, -0.2) is 45.0 Å². The molecule has 6 heteroatoms. The molecule has 1 amide bonds. The molecular formula is C12H26N2O3S. The maximum Gasteiger partial charge on any atom is 0.226 e. The van der Waals surface area contributed by atoms with Crippen LogP contribution in [0.3, 0.4) is 0 Å². The van der Waals surface area contributed by atoms with Gasteiger partial charge in [0.1, 0.15) is 0 Å². The first-order valence-corrected chi connectivity index (χ1v) is 7.74. The van der Waals surface area contributed by atoms with Crippen LogP contribution >= 0.6 is 0 Å². The van der Waals surface area contributed by atoms with Gasteiger partial charge in [0.15, 0.2) is 9.84 Å². The van der Waals surface area contributed by atoms with E-state index in [1.54, 1.807) is 27.8 Å². The second-order valence-electron chi connectivity index (χ2n) is 6.07. The van der Waals surface area contributed by atoms with Crippen molar-refractivity contribution < 1.29 is 13.2 Å². The van der Waals surface area contributed by atoms with E-state index in [4.69, 9.17) is 0 Å². The van der Waals surface area contributed by atoms with Crippen LogP contribution in [0.25, 0.3) is 0 Å². The van der Waals surface area contributed by atoms with Crippen molar-refractivity contribution in [1.29, 1.82) is 0 Å². The summed E-state index contributed by atoms with van der Waals surface area (Å²) >= 11 is 0. The lowest BCUT2D eigenvalue weighted by molar-refractivity contribution is -0.128. The topological polar surface area (TPSA) is 75.3 Å². The normalized spacial score (nSPS) is 13.4. The van der Waals surface area contributed by atoms with Crippen LogP contribution in [-0.2, 0) is 14.6 Å². The minimum atomic E-state index is -3.10. The standard InChI is InChI=1S/C12H26N2O3S/c1-11(2,3)18(16,17)8-7-14-9-12(4,5)10(15)13-6/h14H,7-9H2,1-6H3,(H,13,15). The van der Waals surface area contributed by atoms with Gasteiger partial charge in [0.2, 0.25) is 5.91 Å². The van der Waals surface area contributed by atoms with Crippen LogP contribution in [0.2, 0.25) is 0 Å². The molecule has 0 unspecified atom stereocenters. The molecule has 0 aliphatic heterocycles. The molecule has 0 aliphatic rings. The van der Waals surface area contributed by atoms with Gasteiger partial charge in [0.25, 0.3) is 0 Å². The molecule has 0 aromatic heterocycles. The SMILES string of the molecule is CNC(=O)C(C)(C)CNCCS(=O)(=O)C(C)(C)C. The van der Waals surface area contributed by atoms with Crippen LogP contribution in [0.1, 0.15) is 34.6 Å². The lowest BCUT2D eigenvalue weighted by Crippen LogP contribution is -2.43. The molecule has 0 saturated carbocycles. The Labute approximate surface area is 111 Å². The summed E-state index contributed by atoms with van der Waals surface area (Å²) in [6.45, 7) is 9.52. The van der Waals surface area contributed by atoms with Crippen LogP contribution in [0.4, 0.5) is 0 Å². The van der Waals surface area contributed by atoms with Gasteiger partial charge in [-0.2, -0.15) is 0 Å². The lowest BCUT2D eigenvalue weighted by atomic mass is 9.92. The Bertz CT molecular complexity index is 381. The molecule has 108 valence electrons. The number of sulfone groups is 1. The summed E-state index contributed by atoms with van der Waals surface area (Å²) in [6.07, 6.45) is 0. The van der Waals surface area contributed by atoms with Crippen molar-refractivity contribution in [2.75, 3.05) is 25.9 Å². The Balaban J connectivity index is 4.21. The predicted octanol–water partition coefficient (Wildman–Crippen LogP) is 0.562. The third-order valence-electron chi connectivity index (χ3n) is 2.89. The van der Waals surface area contributed by atoms with E-state index in [1.807, 2.05) is 13.8 Å². The van der Waals surface area contributed by atoms with E-state index < -0.39 is 20.0 Å². The summed E-state index contributed by atoms with van der Waals surface area (Å²) in [5.41, 5.74) is -0.541. The summed E-state index contributed by atoms with van der Waals surface area (Å²) in [4.78, 5) is 11.5. The van der Waals surface area contributed by atoms with Crippen molar-refractivity contribution >= 4 is 15.7 Å². The molecule has 2 N–H and O–H groups in total. The fourth-order valence-corrected chi connectivity index (χ4v) is 2.36. The summed E-state index contributed by atoms with van der Waals surface area (Å²) in [7, 11) is -1.51. The second-order valence-corrected chi connectivity index (χ2v) is 8.93. The smallest absolute Gasteiger partial charge is 0.226 e. The molecule has 0 aromatic rings. The number of hydrogen-bond acceptors (Lipinski definition) is 4. The molecule has 0 heterocycles. The Kier molecular flexibility index (Phi) is 5.81. The number of carbonyl (C=O) groups excluding carboxylic acids is 1. The Hall–Kier alpha value is -0.620. The highest BCUT2D eigenvalue weighted by molar-refractivity contribution is 7.92. The summed E-state index contributed by atoms with van der Waals surface area (Å²) < 4.78 is 23.0. The first-order chi connectivity index (χ1) is 7.94. The highest BCUT2D eigenvalue weighted by atomic mass is 32.2. The molecule has 0 saturated heterocycles. The van der Waals surface area contributed by atoms with E-state index in [0.717, 1.165) is 0 Å². The Morgan fingerprint density at radius 3 is 2.00 bits per heavy atom. The molecule has 0 radical (unpaired) electrons. The largest absolute Gasteiger partial charge is 0.359 e. The number of rotatable bonds is 6. The summed E-state index contributed by atoms with van der Waals surface area (Å²) in [5, 5.41) is 5.62. The van der Waals surface area contributed by atoms with E-state index in [2.05, 4.69) is 10.6 Å². The van der Waals surface area contributed by atoms with Crippen molar-refractivity contribution in [2.45, 2.75) is 39.4 Å². The number of carbonyl (C=O) groups is 1. The molecular weight excluding hydrogens is 252 g/mol. The summed E-state index contributed by atoms with van der Waals surface area (Å²) in [6, 6.07) is 0. The molecule has 0 fully saturated rings. The number of hydrogen-bond donors (Lipinski definition) is 2. The van der Waals surface area contributed by atoms with Gasteiger partial charge in [-0.15, -0.1) is 0 Å². The van der Waals surface area contributed by atoms with Crippen molar-refractivity contribution in [1.82, 2.24) is 10.6 Å². The fraction of sp³-hybridized carbons (Fsp3) is 0.917. The van der Waals surface area contributed by atoms with Crippen LogP contribution < -0.4 is 10.6 Å². The molecule has 0 atom stereocenters. The third-order valence-corrected chi connectivity index (χ3v) is 5.50. The maximum atomic E-state index is 11.8. The van der Waals surface area contributed by atoms with Gasteiger partial charge in [-0.25, -0.2) is 8.42 Å². The monoisotopic (exact) mass is 278 g/mol. The predicted molar refractivity (Wildman–Crippen MR) is 74.3 cm³/mol. The highest BCUT2D eigenvalue weighted by Gasteiger charge is 2.29. The zero-order valence-corrected chi connectivity index (χ0v) is 13.1. The molecule has 5 nitrogen and oxygen atoms in total. The van der Waals surface area contributed by atoms with Gasteiger partial charge in [-0.05, 0) is 34.6 Å². The molecule has 0 aliphatic carbocycles. The van der Waals surface area contributed by atoms with Gasteiger partial charge in [-0.3, -0.25) is 4.79 Å². The number of nitrogens with one attached hydrogen (secondary N) is 2. The van der Waals surface area contributed by atoms with Gasteiger partial charge in [-0.1, -0.05) is 0 Å². The van der Waals surface area contributed by atoms with Crippen LogP contribution in [0, 0.1) is 5.41 Å². The first-order valence-electron chi connectivity index (χ1n) is 6.09. The molecule has 0 aromatic carbocycles. The highest BCUT2D eigenvalue weighted by Crippen LogP contribution is 2.16. The van der Waals surface area contributed by atoms with Crippen LogP contribution in [0.15, 0.2) is 0 Å². The second kappa shape index (κ2) is 6.02. The van der Waals surface area contributed by atoms with Gasteiger partial charge in [0, 0.05) is 20.1 Å². The average molecular weight is 278 g/mol. The Morgan fingerprint density at radius 2 is 1.61 bits per heavy atom. The molecule has 18 heavy (non-hydrogen) atoms. The van der Waals surface area contributed by atoms with Crippen molar-refractivity contribution in [2.24, 2.45) is 5.41 Å². The molecule has 0 bridgehead atoms. The zero-order valence-electron chi connectivity index (χ0n) is 12.3. The quantitative estimate of drug-likeness (QED) is 0.696. The fourth-order valence-electron chi connectivity index (χ4n) is 1.33.